The van der Waals surface area contributed by atoms with Crippen molar-refractivity contribution in [2.24, 2.45) is 5.92 Å². The molecule has 4 heteroatoms. The topological polar surface area (TPSA) is 44.8 Å². The van der Waals surface area contributed by atoms with Crippen LogP contribution in [0.3, 0.4) is 0 Å². The SMILES string of the molecule is CCOC(=O)C(OC)(OC)C1CCCCC1. The van der Waals surface area contributed by atoms with Gasteiger partial charge in [0.1, 0.15) is 0 Å². The number of carbonyl (C=O) groups excluding carboxylic acids is 1. The van der Waals surface area contributed by atoms with E-state index in [2.05, 4.69) is 0 Å². The summed E-state index contributed by atoms with van der Waals surface area (Å²) in [6.45, 7) is 2.13. The zero-order valence-electron chi connectivity index (χ0n) is 10.5. The molecule has 0 amide bonds. The van der Waals surface area contributed by atoms with Crippen LogP contribution in [0.15, 0.2) is 0 Å². The first-order valence-corrected chi connectivity index (χ1v) is 5.98. The summed E-state index contributed by atoms with van der Waals surface area (Å²) in [5.74, 6) is -1.49. The largest absolute Gasteiger partial charge is 0.462 e. The molecule has 1 fully saturated rings. The molecular formula is C12H22O4. The van der Waals surface area contributed by atoms with Crippen molar-refractivity contribution in [1.82, 2.24) is 0 Å². The summed E-state index contributed by atoms with van der Waals surface area (Å²) in [6, 6.07) is 0. The van der Waals surface area contributed by atoms with Crippen molar-refractivity contribution in [3.63, 3.8) is 0 Å². The van der Waals surface area contributed by atoms with Crippen molar-refractivity contribution in [2.75, 3.05) is 20.8 Å². The number of hydrogen-bond acceptors (Lipinski definition) is 4. The fraction of sp³-hybridized carbons (Fsp3) is 0.917. The molecule has 0 aromatic rings. The Hall–Kier alpha value is -0.610. The van der Waals surface area contributed by atoms with Gasteiger partial charge in [-0.3, -0.25) is 0 Å². The Labute approximate surface area is 97.2 Å². The number of carbonyl (C=O) groups is 1. The summed E-state index contributed by atoms with van der Waals surface area (Å²) in [4.78, 5) is 12.0. The van der Waals surface area contributed by atoms with E-state index in [9.17, 15) is 4.79 Å². The monoisotopic (exact) mass is 230 g/mol. The van der Waals surface area contributed by atoms with Gasteiger partial charge in [-0.1, -0.05) is 19.3 Å². The van der Waals surface area contributed by atoms with Crippen LogP contribution in [0, 0.1) is 5.92 Å². The third kappa shape index (κ3) is 2.55. The van der Waals surface area contributed by atoms with Crippen molar-refractivity contribution >= 4 is 5.97 Å². The fourth-order valence-electron chi connectivity index (χ4n) is 2.46. The number of esters is 1. The van der Waals surface area contributed by atoms with Gasteiger partial charge in [-0.05, 0) is 19.8 Å². The van der Waals surface area contributed by atoms with Crippen LogP contribution in [-0.4, -0.2) is 32.6 Å². The molecule has 1 aliphatic rings. The highest BCUT2D eigenvalue weighted by Crippen LogP contribution is 2.36. The molecule has 0 aliphatic heterocycles. The smallest absolute Gasteiger partial charge is 0.367 e. The molecule has 1 aliphatic carbocycles. The van der Waals surface area contributed by atoms with Crippen molar-refractivity contribution in [2.45, 2.75) is 44.8 Å². The van der Waals surface area contributed by atoms with E-state index >= 15 is 0 Å². The third-order valence-corrected chi connectivity index (χ3v) is 3.31. The predicted molar refractivity (Wildman–Crippen MR) is 60.0 cm³/mol. The van der Waals surface area contributed by atoms with Crippen molar-refractivity contribution in [3.8, 4) is 0 Å². The van der Waals surface area contributed by atoms with Gasteiger partial charge in [0, 0.05) is 20.1 Å². The van der Waals surface area contributed by atoms with E-state index in [4.69, 9.17) is 14.2 Å². The van der Waals surface area contributed by atoms with Crippen LogP contribution in [0.25, 0.3) is 0 Å². The standard InChI is InChI=1S/C12H22O4/c1-4-16-11(13)12(14-2,15-3)10-8-6-5-7-9-10/h10H,4-9H2,1-3H3. The van der Waals surface area contributed by atoms with Gasteiger partial charge in [-0.15, -0.1) is 0 Å². The lowest BCUT2D eigenvalue weighted by Gasteiger charge is -2.37. The van der Waals surface area contributed by atoms with Gasteiger partial charge in [0.2, 0.25) is 0 Å². The Morgan fingerprint density at radius 1 is 1.19 bits per heavy atom. The third-order valence-electron chi connectivity index (χ3n) is 3.31. The molecule has 1 saturated carbocycles. The zero-order chi connectivity index (χ0) is 12.0. The first kappa shape index (κ1) is 13.5. The number of methoxy groups -OCH3 is 2. The molecule has 0 saturated heterocycles. The lowest BCUT2D eigenvalue weighted by Crippen LogP contribution is -2.51. The summed E-state index contributed by atoms with van der Waals surface area (Å²) < 4.78 is 15.7. The molecule has 1 rings (SSSR count). The molecule has 0 bridgehead atoms. The molecule has 94 valence electrons. The Morgan fingerprint density at radius 2 is 1.75 bits per heavy atom. The second-order valence-corrected chi connectivity index (χ2v) is 4.13. The van der Waals surface area contributed by atoms with E-state index in [0.717, 1.165) is 25.7 Å². The van der Waals surface area contributed by atoms with Crippen LogP contribution in [0.5, 0.6) is 0 Å². The summed E-state index contributed by atoms with van der Waals surface area (Å²) in [7, 11) is 3.02. The maximum absolute atomic E-state index is 12.0. The minimum Gasteiger partial charge on any atom is -0.462 e. The molecule has 0 unspecified atom stereocenters. The summed E-state index contributed by atoms with van der Waals surface area (Å²) in [5, 5.41) is 0. The summed E-state index contributed by atoms with van der Waals surface area (Å²) in [6.07, 6.45) is 5.39. The van der Waals surface area contributed by atoms with E-state index in [0.29, 0.717) is 6.61 Å². The Balaban J connectivity index is 2.80. The maximum Gasteiger partial charge on any atom is 0.367 e. The second kappa shape index (κ2) is 6.21. The lowest BCUT2D eigenvalue weighted by atomic mass is 9.83. The Kier molecular flexibility index (Phi) is 5.22. The second-order valence-electron chi connectivity index (χ2n) is 4.13. The molecule has 0 atom stereocenters. The highest BCUT2D eigenvalue weighted by molar-refractivity contribution is 5.78. The molecule has 0 radical (unpaired) electrons. The highest BCUT2D eigenvalue weighted by Gasteiger charge is 2.48. The van der Waals surface area contributed by atoms with Gasteiger partial charge < -0.3 is 14.2 Å². The van der Waals surface area contributed by atoms with E-state index < -0.39 is 11.8 Å². The predicted octanol–water partition coefficient (Wildman–Crippen LogP) is 2.12. The van der Waals surface area contributed by atoms with E-state index in [-0.39, 0.29) is 5.92 Å². The normalized spacial score (nSPS) is 18.4. The molecule has 0 aromatic carbocycles. The highest BCUT2D eigenvalue weighted by atomic mass is 16.7. The minimum atomic E-state index is -1.20. The number of rotatable bonds is 5. The van der Waals surface area contributed by atoms with Crippen molar-refractivity contribution in [1.29, 1.82) is 0 Å². The van der Waals surface area contributed by atoms with Crippen molar-refractivity contribution in [3.05, 3.63) is 0 Å². The molecule has 0 aromatic heterocycles. The van der Waals surface area contributed by atoms with Crippen LogP contribution >= 0.6 is 0 Å². The zero-order valence-corrected chi connectivity index (χ0v) is 10.5. The van der Waals surface area contributed by atoms with Gasteiger partial charge in [0.15, 0.2) is 0 Å². The van der Waals surface area contributed by atoms with Crippen LogP contribution in [0.1, 0.15) is 39.0 Å². The molecule has 0 spiro atoms. The van der Waals surface area contributed by atoms with Gasteiger partial charge in [0.05, 0.1) is 6.61 Å². The first-order valence-electron chi connectivity index (χ1n) is 5.98. The summed E-state index contributed by atoms with van der Waals surface area (Å²) in [5.41, 5.74) is 0. The van der Waals surface area contributed by atoms with E-state index in [1.807, 2.05) is 0 Å². The lowest BCUT2D eigenvalue weighted by molar-refractivity contribution is -0.253. The van der Waals surface area contributed by atoms with Gasteiger partial charge in [-0.25, -0.2) is 4.79 Å². The minimum absolute atomic E-state index is 0.107. The van der Waals surface area contributed by atoms with E-state index in [1.54, 1.807) is 6.92 Å². The summed E-state index contributed by atoms with van der Waals surface area (Å²) >= 11 is 0. The van der Waals surface area contributed by atoms with Crippen LogP contribution < -0.4 is 0 Å². The van der Waals surface area contributed by atoms with Crippen LogP contribution in [0.4, 0.5) is 0 Å². The quantitative estimate of drug-likeness (QED) is 0.536. The number of ether oxygens (including phenoxy) is 3. The van der Waals surface area contributed by atoms with E-state index in [1.165, 1.54) is 20.6 Å². The first-order chi connectivity index (χ1) is 7.71. The van der Waals surface area contributed by atoms with Crippen LogP contribution in [-0.2, 0) is 19.0 Å². The fourth-order valence-corrected chi connectivity index (χ4v) is 2.46. The maximum atomic E-state index is 12.0. The van der Waals surface area contributed by atoms with Gasteiger partial charge in [0.25, 0.3) is 5.79 Å². The molecular weight excluding hydrogens is 208 g/mol. The van der Waals surface area contributed by atoms with Crippen LogP contribution in [0.2, 0.25) is 0 Å². The van der Waals surface area contributed by atoms with Crippen molar-refractivity contribution < 1.29 is 19.0 Å². The molecule has 4 nitrogen and oxygen atoms in total. The number of hydrogen-bond donors (Lipinski definition) is 0. The molecule has 0 heterocycles. The average Bonchev–Trinajstić information content (AvgIpc) is 2.33. The Morgan fingerprint density at radius 3 is 2.19 bits per heavy atom. The molecule has 0 N–H and O–H groups in total. The average molecular weight is 230 g/mol. The molecule has 16 heavy (non-hydrogen) atoms. The Bertz CT molecular complexity index is 217. The van der Waals surface area contributed by atoms with Gasteiger partial charge >= 0.3 is 5.97 Å². The van der Waals surface area contributed by atoms with Gasteiger partial charge in [-0.2, -0.15) is 0 Å².